The lowest BCUT2D eigenvalue weighted by Gasteiger charge is -2.28. The number of carbonyl (C=O) groups excluding carboxylic acids is 1. The van der Waals surface area contributed by atoms with Crippen molar-refractivity contribution in [2.45, 2.75) is 51.7 Å². The number of carbonyl (C=O) groups is 2. The van der Waals surface area contributed by atoms with Crippen molar-refractivity contribution in [2.24, 2.45) is 4.99 Å². The molecule has 3 rings (SSSR count). The Morgan fingerprint density at radius 3 is 2.42 bits per heavy atom. The van der Waals surface area contributed by atoms with Crippen LogP contribution in [0.3, 0.4) is 0 Å². The molecule has 1 aliphatic rings. The molecule has 174 valence electrons. The highest BCUT2D eigenvalue weighted by Crippen LogP contribution is 2.34. The van der Waals surface area contributed by atoms with Crippen molar-refractivity contribution < 1.29 is 28.6 Å². The molecule has 0 radical (unpaired) electrons. The summed E-state index contributed by atoms with van der Waals surface area (Å²) in [6.45, 7) is 7.88. The number of esters is 1. The number of nitrogens with zero attached hydrogens (tertiary/aromatic N) is 1. The number of hydrogen-bond acceptors (Lipinski definition) is 5. The summed E-state index contributed by atoms with van der Waals surface area (Å²) >= 11 is 0. The van der Waals surface area contributed by atoms with E-state index in [1.165, 1.54) is 12.1 Å². The lowest BCUT2D eigenvalue weighted by atomic mass is 9.89. The van der Waals surface area contributed by atoms with Gasteiger partial charge in [0.25, 0.3) is 0 Å². The number of aromatic carboxylic acids is 1. The first kappa shape index (κ1) is 24.2. The van der Waals surface area contributed by atoms with Crippen molar-refractivity contribution in [2.75, 3.05) is 6.61 Å². The zero-order chi connectivity index (χ0) is 24.2. The maximum absolute atomic E-state index is 13.9. The fourth-order valence-corrected chi connectivity index (χ4v) is 3.49. The van der Waals surface area contributed by atoms with Crippen LogP contribution in [0.1, 0.15) is 50.0 Å². The quantitative estimate of drug-likeness (QED) is 0.552. The van der Waals surface area contributed by atoms with Crippen LogP contribution in [0.4, 0.5) is 4.39 Å². The van der Waals surface area contributed by atoms with Gasteiger partial charge >= 0.3 is 11.9 Å². The van der Waals surface area contributed by atoms with E-state index in [4.69, 9.17) is 9.47 Å². The first-order chi connectivity index (χ1) is 15.5. The molecule has 1 heterocycles. The van der Waals surface area contributed by atoms with Crippen LogP contribution in [0.2, 0.25) is 0 Å². The second-order valence-electron chi connectivity index (χ2n) is 8.91. The monoisotopic (exact) mass is 453 g/mol. The van der Waals surface area contributed by atoms with Gasteiger partial charge < -0.3 is 14.6 Å². The molecule has 6 nitrogen and oxygen atoms in total. The van der Waals surface area contributed by atoms with Crippen LogP contribution >= 0.6 is 0 Å². The van der Waals surface area contributed by atoms with Gasteiger partial charge in [-0.05, 0) is 80.3 Å². The van der Waals surface area contributed by atoms with Crippen LogP contribution in [0.25, 0.3) is 11.1 Å². The molecule has 2 aromatic carbocycles. The Morgan fingerprint density at radius 2 is 1.82 bits per heavy atom. The van der Waals surface area contributed by atoms with Gasteiger partial charge in [-0.2, -0.15) is 0 Å². The molecule has 0 bridgehead atoms. The molecule has 2 aromatic rings. The Bertz CT molecular complexity index is 1100. The van der Waals surface area contributed by atoms with Crippen LogP contribution in [0, 0.1) is 5.82 Å². The van der Waals surface area contributed by atoms with Crippen molar-refractivity contribution >= 4 is 18.2 Å². The number of ether oxygens (including phenoxy) is 2. The average Bonchev–Trinajstić information content (AvgIpc) is 3.21. The summed E-state index contributed by atoms with van der Waals surface area (Å²) in [6, 6.07) is 9.31. The highest BCUT2D eigenvalue weighted by molar-refractivity contribution is 5.92. The number of carboxylic acids is 1. The van der Waals surface area contributed by atoms with E-state index >= 15 is 0 Å². The SMILES string of the molecule is CCCOc1ccc(-c2ccc(F)c(C(=O)O)c2)cc1CC1(C(=O)OC(C)(C)C)C=CC=N1. The second-order valence-corrected chi connectivity index (χ2v) is 8.91. The van der Waals surface area contributed by atoms with Crippen molar-refractivity contribution in [3.05, 3.63) is 65.5 Å². The standard InChI is InChI=1S/C26H28FNO5/c1-5-13-32-22-10-8-17(18-7-9-21(27)20(15-18)23(29)30)14-19(22)16-26(11-6-12-28-26)24(31)33-25(2,3)4/h6-12,14-15H,5,13,16H2,1-4H3,(H,29,30). The van der Waals surface area contributed by atoms with Crippen molar-refractivity contribution in [1.82, 2.24) is 0 Å². The molecule has 0 saturated carbocycles. The first-order valence-electron chi connectivity index (χ1n) is 10.8. The van der Waals surface area contributed by atoms with Gasteiger partial charge in [0.15, 0.2) is 5.54 Å². The van der Waals surface area contributed by atoms with Gasteiger partial charge in [0, 0.05) is 12.6 Å². The van der Waals surface area contributed by atoms with Crippen LogP contribution < -0.4 is 4.74 Å². The number of aliphatic imine (C=N–C) groups is 1. The summed E-state index contributed by atoms with van der Waals surface area (Å²) in [5.41, 5.74) is -0.410. The number of rotatable bonds is 8. The molecule has 0 fully saturated rings. The molecule has 0 aromatic heterocycles. The Balaban J connectivity index is 2.05. The summed E-state index contributed by atoms with van der Waals surface area (Å²) in [5.74, 6) is -2.02. The third-order valence-corrected chi connectivity index (χ3v) is 5.03. The molecule has 0 spiro atoms. The fraction of sp³-hybridized carbons (Fsp3) is 0.346. The van der Waals surface area contributed by atoms with E-state index < -0.39 is 34.5 Å². The van der Waals surface area contributed by atoms with E-state index in [-0.39, 0.29) is 6.42 Å². The summed E-state index contributed by atoms with van der Waals surface area (Å²) < 4.78 is 25.4. The first-order valence-corrected chi connectivity index (χ1v) is 10.8. The lowest BCUT2D eigenvalue weighted by molar-refractivity contribution is -0.159. The smallest absolute Gasteiger partial charge is 0.338 e. The molecular weight excluding hydrogens is 425 g/mol. The number of hydrogen-bond donors (Lipinski definition) is 1. The number of allylic oxidation sites excluding steroid dienone is 1. The predicted molar refractivity (Wildman–Crippen MR) is 124 cm³/mol. The van der Waals surface area contributed by atoms with Gasteiger partial charge in [0.05, 0.1) is 12.2 Å². The van der Waals surface area contributed by atoms with E-state index in [0.717, 1.165) is 12.5 Å². The van der Waals surface area contributed by atoms with Gasteiger partial charge in [0.1, 0.15) is 17.2 Å². The molecule has 1 unspecified atom stereocenters. The predicted octanol–water partition coefficient (Wildman–Crippen LogP) is 5.24. The third kappa shape index (κ3) is 5.66. The van der Waals surface area contributed by atoms with Crippen molar-refractivity contribution in [3.8, 4) is 16.9 Å². The van der Waals surface area contributed by atoms with Crippen LogP contribution in [-0.2, 0) is 16.0 Å². The van der Waals surface area contributed by atoms with Gasteiger partial charge in [-0.25, -0.2) is 14.0 Å². The van der Waals surface area contributed by atoms with E-state index in [9.17, 15) is 19.1 Å². The maximum atomic E-state index is 13.9. The molecule has 1 aliphatic heterocycles. The molecular formula is C26H28FNO5. The minimum atomic E-state index is -1.34. The van der Waals surface area contributed by atoms with E-state index in [0.29, 0.717) is 29.0 Å². The molecule has 7 heteroatoms. The molecule has 1 N–H and O–H groups in total. The van der Waals surface area contributed by atoms with Gasteiger partial charge in [0.2, 0.25) is 0 Å². The van der Waals surface area contributed by atoms with Gasteiger partial charge in [-0.3, -0.25) is 4.99 Å². The van der Waals surface area contributed by atoms with Gasteiger partial charge in [-0.15, -0.1) is 0 Å². The largest absolute Gasteiger partial charge is 0.493 e. The Morgan fingerprint density at radius 1 is 1.12 bits per heavy atom. The molecule has 0 saturated heterocycles. The zero-order valence-corrected chi connectivity index (χ0v) is 19.2. The molecule has 0 aliphatic carbocycles. The van der Waals surface area contributed by atoms with Crippen molar-refractivity contribution in [1.29, 1.82) is 0 Å². The minimum Gasteiger partial charge on any atom is -0.493 e. The second kappa shape index (κ2) is 9.57. The van der Waals surface area contributed by atoms with Crippen LogP contribution in [-0.4, -0.2) is 41.0 Å². The highest BCUT2D eigenvalue weighted by atomic mass is 19.1. The minimum absolute atomic E-state index is 0.189. The summed E-state index contributed by atoms with van der Waals surface area (Å²) in [6.07, 6.45) is 5.97. The molecule has 1 atom stereocenters. The van der Waals surface area contributed by atoms with E-state index in [1.54, 1.807) is 51.3 Å². The van der Waals surface area contributed by atoms with Crippen molar-refractivity contribution in [3.63, 3.8) is 0 Å². The average molecular weight is 454 g/mol. The Labute approximate surface area is 192 Å². The molecule has 33 heavy (non-hydrogen) atoms. The van der Waals surface area contributed by atoms with Crippen LogP contribution in [0.15, 0.2) is 53.5 Å². The number of benzene rings is 2. The normalized spacial score (nSPS) is 17.2. The highest BCUT2D eigenvalue weighted by Gasteiger charge is 2.41. The van der Waals surface area contributed by atoms with E-state index in [1.807, 2.05) is 13.0 Å². The van der Waals surface area contributed by atoms with Gasteiger partial charge in [-0.1, -0.05) is 19.1 Å². The number of carboxylic acid groups (broad SMARTS) is 1. The fourth-order valence-electron chi connectivity index (χ4n) is 3.49. The van der Waals surface area contributed by atoms with Crippen LogP contribution in [0.5, 0.6) is 5.75 Å². The topological polar surface area (TPSA) is 85.2 Å². The zero-order valence-electron chi connectivity index (χ0n) is 19.2. The summed E-state index contributed by atoms with van der Waals surface area (Å²) in [7, 11) is 0. The van der Waals surface area contributed by atoms with E-state index in [2.05, 4.69) is 4.99 Å². The lowest BCUT2D eigenvalue weighted by Crippen LogP contribution is -2.41. The maximum Gasteiger partial charge on any atom is 0.338 e. The number of halogens is 1. The Kier molecular flexibility index (Phi) is 7.01. The molecule has 0 amide bonds. The Hall–Kier alpha value is -3.48. The third-order valence-electron chi connectivity index (χ3n) is 5.03. The summed E-state index contributed by atoms with van der Waals surface area (Å²) in [5, 5.41) is 9.28. The summed E-state index contributed by atoms with van der Waals surface area (Å²) in [4.78, 5) is 28.9.